The van der Waals surface area contributed by atoms with E-state index in [0.29, 0.717) is 0 Å². The van der Waals surface area contributed by atoms with Crippen LogP contribution in [0.1, 0.15) is 45.4 Å². The molecule has 0 N–H and O–H groups in total. The quantitative estimate of drug-likeness (QED) is 0.579. The molecule has 0 saturated heterocycles. The Labute approximate surface area is 77.0 Å². The maximum Gasteiger partial charge on any atom is 0.161 e. The molecule has 0 aromatic rings. The zero-order valence-corrected chi connectivity index (χ0v) is 8.66. The number of hydrogen-bond donors (Lipinski definition) is 0. The van der Waals surface area contributed by atoms with Crippen LogP contribution in [0.3, 0.4) is 0 Å². The van der Waals surface area contributed by atoms with Crippen LogP contribution in [-0.4, -0.2) is 0 Å². The van der Waals surface area contributed by atoms with Crippen molar-refractivity contribution >= 4 is 15.9 Å². The second kappa shape index (κ2) is 8.25. The van der Waals surface area contributed by atoms with Crippen molar-refractivity contribution < 1.29 is 4.39 Å². The van der Waals surface area contributed by atoms with Gasteiger partial charge < -0.3 is 0 Å². The van der Waals surface area contributed by atoms with Gasteiger partial charge in [0.25, 0.3) is 0 Å². The van der Waals surface area contributed by atoms with E-state index < -0.39 is 0 Å². The molecule has 0 aliphatic heterocycles. The molecular formula is C9H16BrF. The lowest BCUT2D eigenvalue weighted by Gasteiger charge is -1.95. The summed E-state index contributed by atoms with van der Waals surface area (Å²) in [7, 11) is 0. The Kier molecular flexibility index (Phi) is 8.36. The van der Waals surface area contributed by atoms with E-state index in [1.54, 1.807) is 6.08 Å². The molecule has 0 nitrogen and oxygen atoms in total. The molecule has 0 fully saturated rings. The topological polar surface area (TPSA) is 0 Å². The third-order valence-corrected chi connectivity index (χ3v) is 1.93. The second-order valence-corrected chi connectivity index (χ2v) is 3.45. The molecule has 11 heavy (non-hydrogen) atoms. The fourth-order valence-electron chi connectivity index (χ4n) is 0.959. The molecule has 0 rings (SSSR count). The highest BCUT2D eigenvalue weighted by Gasteiger charge is 1.88. The standard InChI is InChI=1S/C9H16BrF/c1-2-3-4-5-6-7-8-9(10)11/h8H,2-7H2,1H3/b9-8-. The van der Waals surface area contributed by atoms with E-state index in [1.807, 2.05) is 0 Å². The molecule has 66 valence electrons. The molecule has 0 unspecified atom stereocenters. The van der Waals surface area contributed by atoms with Gasteiger partial charge in [0.15, 0.2) is 4.74 Å². The first kappa shape index (κ1) is 11.2. The summed E-state index contributed by atoms with van der Waals surface area (Å²) in [5, 5.41) is 0. The largest absolute Gasteiger partial charge is 0.199 e. The van der Waals surface area contributed by atoms with E-state index in [4.69, 9.17) is 0 Å². The molecular weight excluding hydrogens is 207 g/mol. The molecule has 0 aromatic carbocycles. The van der Waals surface area contributed by atoms with Gasteiger partial charge in [-0.05, 0) is 34.8 Å². The maximum absolute atomic E-state index is 12.1. The summed E-state index contributed by atoms with van der Waals surface area (Å²) in [4.78, 5) is 0. The summed E-state index contributed by atoms with van der Waals surface area (Å²) < 4.78 is 11.8. The molecule has 0 aromatic heterocycles. The van der Waals surface area contributed by atoms with E-state index in [2.05, 4.69) is 22.9 Å². The molecule has 0 aliphatic rings. The summed E-state index contributed by atoms with van der Waals surface area (Å²) in [6.07, 6.45) is 8.65. The molecule has 0 radical (unpaired) electrons. The Morgan fingerprint density at radius 2 is 1.91 bits per heavy atom. The molecule has 0 heterocycles. The maximum atomic E-state index is 12.1. The number of hydrogen-bond acceptors (Lipinski definition) is 0. The van der Waals surface area contributed by atoms with Crippen LogP contribution in [0.15, 0.2) is 10.8 Å². The average molecular weight is 223 g/mol. The van der Waals surface area contributed by atoms with Gasteiger partial charge >= 0.3 is 0 Å². The van der Waals surface area contributed by atoms with E-state index >= 15 is 0 Å². The lowest BCUT2D eigenvalue weighted by Crippen LogP contribution is -1.75. The summed E-state index contributed by atoms with van der Waals surface area (Å²) in [6, 6.07) is 0. The Hall–Kier alpha value is 0.150. The van der Waals surface area contributed by atoms with E-state index in [9.17, 15) is 4.39 Å². The average Bonchev–Trinajstić information content (AvgIpc) is 1.96. The summed E-state index contributed by atoms with van der Waals surface area (Å²) in [6.45, 7) is 2.19. The van der Waals surface area contributed by atoms with Gasteiger partial charge in [-0.2, -0.15) is 4.39 Å². The Balaban J connectivity index is 2.97. The van der Waals surface area contributed by atoms with Crippen LogP contribution in [0.2, 0.25) is 0 Å². The molecule has 0 amide bonds. The molecule has 0 saturated carbocycles. The highest BCUT2D eigenvalue weighted by Crippen LogP contribution is 2.10. The SMILES string of the molecule is CCCCCCC/C=C(\F)Br. The van der Waals surface area contributed by atoms with Crippen LogP contribution in [-0.2, 0) is 0 Å². The fraction of sp³-hybridized carbons (Fsp3) is 0.778. The number of unbranched alkanes of at least 4 members (excludes halogenated alkanes) is 5. The zero-order chi connectivity index (χ0) is 8.53. The van der Waals surface area contributed by atoms with Crippen LogP contribution in [0.4, 0.5) is 4.39 Å². The predicted molar refractivity (Wildman–Crippen MR) is 51.5 cm³/mol. The van der Waals surface area contributed by atoms with Crippen molar-refractivity contribution in [3.63, 3.8) is 0 Å². The van der Waals surface area contributed by atoms with Gasteiger partial charge in [-0.3, -0.25) is 0 Å². The van der Waals surface area contributed by atoms with Gasteiger partial charge in [-0.15, -0.1) is 0 Å². The van der Waals surface area contributed by atoms with Crippen molar-refractivity contribution in [2.75, 3.05) is 0 Å². The van der Waals surface area contributed by atoms with Gasteiger partial charge in [0.05, 0.1) is 0 Å². The highest BCUT2D eigenvalue weighted by atomic mass is 79.9. The van der Waals surface area contributed by atoms with Crippen LogP contribution in [0.25, 0.3) is 0 Å². The van der Waals surface area contributed by atoms with Gasteiger partial charge in [-0.1, -0.05) is 32.6 Å². The Morgan fingerprint density at radius 1 is 1.27 bits per heavy atom. The fourth-order valence-corrected chi connectivity index (χ4v) is 1.19. The lowest BCUT2D eigenvalue weighted by atomic mass is 10.1. The van der Waals surface area contributed by atoms with Crippen LogP contribution in [0, 0.1) is 0 Å². The summed E-state index contributed by atoms with van der Waals surface area (Å²) in [5.41, 5.74) is 0. The molecule has 0 aliphatic carbocycles. The first-order valence-electron chi connectivity index (χ1n) is 4.28. The minimum absolute atomic E-state index is 0.229. The Morgan fingerprint density at radius 3 is 2.45 bits per heavy atom. The van der Waals surface area contributed by atoms with Gasteiger partial charge in [0.1, 0.15) is 0 Å². The van der Waals surface area contributed by atoms with Crippen molar-refractivity contribution in [2.24, 2.45) is 0 Å². The second-order valence-electron chi connectivity index (χ2n) is 2.70. The van der Waals surface area contributed by atoms with E-state index in [0.717, 1.165) is 12.8 Å². The van der Waals surface area contributed by atoms with Gasteiger partial charge in [0, 0.05) is 0 Å². The van der Waals surface area contributed by atoms with E-state index in [1.165, 1.54) is 25.7 Å². The van der Waals surface area contributed by atoms with Gasteiger partial charge in [0.2, 0.25) is 0 Å². The van der Waals surface area contributed by atoms with Crippen LogP contribution in [0.5, 0.6) is 0 Å². The lowest BCUT2D eigenvalue weighted by molar-refractivity contribution is 0.630. The van der Waals surface area contributed by atoms with Crippen molar-refractivity contribution in [1.29, 1.82) is 0 Å². The first-order valence-corrected chi connectivity index (χ1v) is 5.07. The molecule has 0 spiro atoms. The van der Waals surface area contributed by atoms with Gasteiger partial charge in [-0.25, -0.2) is 0 Å². The zero-order valence-electron chi connectivity index (χ0n) is 7.08. The van der Waals surface area contributed by atoms with Crippen molar-refractivity contribution in [3.8, 4) is 0 Å². The smallest absolute Gasteiger partial charge is 0.161 e. The normalized spacial score (nSPS) is 12.1. The van der Waals surface area contributed by atoms with Crippen LogP contribution >= 0.6 is 15.9 Å². The first-order chi connectivity index (χ1) is 5.27. The van der Waals surface area contributed by atoms with Crippen LogP contribution < -0.4 is 0 Å². The van der Waals surface area contributed by atoms with Crippen molar-refractivity contribution in [2.45, 2.75) is 45.4 Å². The molecule has 2 heteroatoms. The number of rotatable bonds is 6. The number of halogens is 2. The van der Waals surface area contributed by atoms with E-state index in [-0.39, 0.29) is 4.74 Å². The van der Waals surface area contributed by atoms with Crippen molar-refractivity contribution in [3.05, 3.63) is 10.8 Å². The third-order valence-electron chi connectivity index (χ3n) is 1.61. The molecule has 0 bridgehead atoms. The number of allylic oxidation sites excluding steroid dienone is 1. The van der Waals surface area contributed by atoms with Crippen molar-refractivity contribution in [1.82, 2.24) is 0 Å². The summed E-state index contributed by atoms with van der Waals surface area (Å²) in [5.74, 6) is 0. The highest BCUT2D eigenvalue weighted by molar-refractivity contribution is 9.11. The third kappa shape index (κ3) is 10.2. The minimum Gasteiger partial charge on any atom is -0.199 e. The Bertz CT molecular complexity index is 106. The summed E-state index contributed by atoms with van der Waals surface area (Å²) >= 11 is 2.75. The monoisotopic (exact) mass is 222 g/mol. The predicted octanol–water partition coefficient (Wildman–Crippen LogP) is 4.55. The molecule has 0 atom stereocenters. The minimum atomic E-state index is -0.229.